The van der Waals surface area contributed by atoms with Crippen LogP contribution in [0.3, 0.4) is 0 Å². The van der Waals surface area contributed by atoms with Crippen molar-refractivity contribution in [3.63, 3.8) is 0 Å². The summed E-state index contributed by atoms with van der Waals surface area (Å²) < 4.78 is 6.54. The molecular formula is C11H10N2O3. The third kappa shape index (κ3) is 2.03. The molecule has 0 amide bonds. The zero-order valence-corrected chi connectivity index (χ0v) is 8.62. The highest BCUT2D eigenvalue weighted by Gasteiger charge is 2.06. The van der Waals surface area contributed by atoms with Crippen LogP contribution in [-0.4, -0.2) is 20.6 Å². The molecule has 5 nitrogen and oxygen atoms in total. The summed E-state index contributed by atoms with van der Waals surface area (Å²) in [5.41, 5.74) is 0.742. The first-order valence-corrected chi connectivity index (χ1v) is 4.66. The maximum atomic E-state index is 10.7. The lowest BCUT2D eigenvalue weighted by atomic mass is 10.3. The van der Waals surface area contributed by atoms with E-state index in [-0.39, 0.29) is 11.5 Å². The van der Waals surface area contributed by atoms with Crippen LogP contribution in [0.15, 0.2) is 36.9 Å². The lowest BCUT2D eigenvalue weighted by Crippen LogP contribution is -2.01. The fourth-order valence-electron chi connectivity index (χ4n) is 1.32. The molecule has 16 heavy (non-hydrogen) atoms. The number of benzene rings is 1. The van der Waals surface area contributed by atoms with Crippen molar-refractivity contribution < 1.29 is 14.6 Å². The summed E-state index contributed by atoms with van der Waals surface area (Å²) >= 11 is 0. The summed E-state index contributed by atoms with van der Waals surface area (Å²) in [7, 11) is 0. The SMILES string of the molecule is CC(=O)Oc1ccc(-n2ccnc2)cc1O. The second-order valence-electron chi connectivity index (χ2n) is 3.22. The molecule has 2 rings (SSSR count). The van der Waals surface area contributed by atoms with Gasteiger partial charge in [0.05, 0.1) is 12.0 Å². The number of hydrogen-bond acceptors (Lipinski definition) is 4. The van der Waals surface area contributed by atoms with E-state index in [1.54, 1.807) is 29.4 Å². The average molecular weight is 218 g/mol. The Morgan fingerprint density at radius 1 is 1.50 bits per heavy atom. The van der Waals surface area contributed by atoms with Crippen molar-refractivity contribution in [1.82, 2.24) is 9.55 Å². The molecule has 0 fully saturated rings. The van der Waals surface area contributed by atoms with Gasteiger partial charge in [0, 0.05) is 25.4 Å². The van der Waals surface area contributed by atoms with Gasteiger partial charge in [-0.15, -0.1) is 0 Å². The Hall–Kier alpha value is -2.30. The Kier molecular flexibility index (Phi) is 2.59. The van der Waals surface area contributed by atoms with E-state index in [1.807, 2.05) is 0 Å². The van der Waals surface area contributed by atoms with Crippen LogP contribution in [0.1, 0.15) is 6.92 Å². The number of esters is 1. The number of phenols is 1. The first-order valence-electron chi connectivity index (χ1n) is 4.66. The van der Waals surface area contributed by atoms with E-state index in [0.717, 1.165) is 5.69 Å². The minimum absolute atomic E-state index is 0.0820. The molecule has 1 aromatic carbocycles. The van der Waals surface area contributed by atoms with Crippen LogP contribution in [0.5, 0.6) is 11.5 Å². The van der Waals surface area contributed by atoms with E-state index in [1.165, 1.54) is 19.1 Å². The van der Waals surface area contributed by atoms with Gasteiger partial charge in [0.2, 0.25) is 0 Å². The monoisotopic (exact) mass is 218 g/mol. The summed E-state index contributed by atoms with van der Waals surface area (Å²) in [5.74, 6) is -0.400. The molecule has 0 saturated heterocycles. The third-order valence-electron chi connectivity index (χ3n) is 2.00. The molecule has 0 spiro atoms. The van der Waals surface area contributed by atoms with Gasteiger partial charge in [0.15, 0.2) is 11.5 Å². The molecule has 2 aromatic rings. The number of phenolic OH excluding ortho intramolecular Hbond substituents is 1. The smallest absolute Gasteiger partial charge is 0.308 e. The van der Waals surface area contributed by atoms with Crippen LogP contribution in [0.25, 0.3) is 5.69 Å². The minimum Gasteiger partial charge on any atom is -0.504 e. The van der Waals surface area contributed by atoms with E-state index in [4.69, 9.17) is 4.74 Å². The van der Waals surface area contributed by atoms with E-state index >= 15 is 0 Å². The van der Waals surface area contributed by atoms with Gasteiger partial charge in [-0.25, -0.2) is 4.98 Å². The van der Waals surface area contributed by atoms with Gasteiger partial charge in [-0.1, -0.05) is 0 Å². The van der Waals surface area contributed by atoms with Crippen molar-refractivity contribution in [3.05, 3.63) is 36.9 Å². The maximum Gasteiger partial charge on any atom is 0.308 e. The molecule has 0 unspecified atom stereocenters. The summed E-state index contributed by atoms with van der Waals surface area (Å²) in [5, 5.41) is 9.63. The molecule has 0 saturated carbocycles. The van der Waals surface area contributed by atoms with Gasteiger partial charge in [-0.05, 0) is 12.1 Å². The molecule has 0 atom stereocenters. The second-order valence-corrected chi connectivity index (χ2v) is 3.22. The normalized spacial score (nSPS) is 10.1. The molecule has 0 radical (unpaired) electrons. The van der Waals surface area contributed by atoms with Crippen LogP contribution in [-0.2, 0) is 4.79 Å². The zero-order valence-electron chi connectivity index (χ0n) is 8.62. The molecule has 1 heterocycles. The Morgan fingerprint density at radius 3 is 2.88 bits per heavy atom. The van der Waals surface area contributed by atoms with Gasteiger partial charge >= 0.3 is 5.97 Å². The van der Waals surface area contributed by atoms with Crippen molar-refractivity contribution >= 4 is 5.97 Å². The average Bonchev–Trinajstić information content (AvgIpc) is 2.73. The van der Waals surface area contributed by atoms with E-state index in [2.05, 4.69) is 4.98 Å². The van der Waals surface area contributed by atoms with Crippen LogP contribution in [0.2, 0.25) is 0 Å². The summed E-state index contributed by atoms with van der Waals surface area (Å²) in [4.78, 5) is 14.6. The molecule has 0 aliphatic carbocycles. The second kappa shape index (κ2) is 4.06. The Morgan fingerprint density at radius 2 is 2.31 bits per heavy atom. The predicted molar refractivity (Wildman–Crippen MR) is 56.5 cm³/mol. The highest BCUT2D eigenvalue weighted by atomic mass is 16.5. The van der Waals surface area contributed by atoms with Gasteiger partial charge in [-0.2, -0.15) is 0 Å². The minimum atomic E-state index is -0.467. The highest BCUT2D eigenvalue weighted by molar-refractivity contribution is 5.70. The number of nitrogens with zero attached hydrogens (tertiary/aromatic N) is 2. The van der Waals surface area contributed by atoms with Crippen LogP contribution < -0.4 is 4.74 Å². The largest absolute Gasteiger partial charge is 0.504 e. The molecular weight excluding hydrogens is 208 g/mol. The molecule has 1 aromatic heterocycles. The summed E-state index contributed by atoms with van der Waals surface area (Å²) in [6.07, 6.45) is 5.00. The zero-order chi connectivity index (χ0) is 11.5. The predicted octanol–water partition coefficient (Wildman–Crippen LogP) is 1.50. The maximum absolute atomic E-state index is 10.7. The topological polar surface area (TPSA) is 64.4 Å². The number of aromatic nitrogens is 2. The van der Waals surface area contributed by atoms with Crippen molar-refractivity contribution in [3.8, 4) is 17.2 Å². The molecule has 1 N–H and O–H groups in total. The van der Waals surface area contributed by atoms with Crippen molar-refractivity contribution in [2.75, 3.05) is 0 Å². The van der Waals surface area contributed by atoms with E-state index < -0.39 is 5.97 Å². The molecule has 5 heteroatoms. The fraction of sp³-hybridized carbons (Fsp3) is 0.0909. The number of hydrogen-bond donors (Lipinski definition) is 1. The number of imidazole rings is 1. The Labute approximate surface area is 91.9 Å². The Balaban J connectivity index is 2.33. The molecule has 0 aliphatic rings. The lowest BCUT2D eigenvalue weighted by Gasteiger charge is -2.07. The molecule has 0 aliphatic heterocycles. The van der Waals surface area contributed by atoms with Gasteiger partial charge in [-0.3, -0.25) is 4.79 Å². The number of carbonyl (C=O) groups excluding carboxylic acids is 1. The third-order valence-corrected chi connectivity index (χ3v) is 2.00. The first-order chi connectivity index (χ1) is 7.66. The summed E-state index contributed by atoms with van der Waals surface area (Å²) in [6.45, 7) is 1.28. The van der Waals surface area contributed by atoms with Crippen LogP contribution in [0, 0.1) is 0 Å². The lowest BCUT2D eigenvalue weighted by molar-refractivity contribution is -0.132. The molecule has 0 bridgehead atoms. The van der Waals surface area contributed by atoms with Crippen LogP contribution >= 0.6 is 0 Å². The van der Waals surface area contributed by atoms with Crippen molar-refractivity contribution in [2.45, 2.75) is 6.92 Å². The first kappa shape index (κ1) is 10.2. The van der Waals surface area contributed by atoms with Crippen molar-refractivity contribution in [1.29, 1.82) is 0 Å². The van der Waals surface area contributed by atoms with Gasteiger partial charge < -0.3 is 14.4 Å². The Bertz CT molecular complexity index is 506. The highest BCUT2D eigenvalue weighted by Crippen LogP contribution is 2.28. The number of rotatable bonds is 2. The van der Waals surface area contributed by atoms with E-state index in [9.17, 15) is 9.90 Å². The summed E-state index contributed by atoms with van der Waals surface area (Å²) in [6, 6.07) is 4.76. The van der Waals surface area contributed by atoms with Crippen molar-refractivity contribution in [2.24, 2.45) is 0 Å². The molecule has 82 valence electrons. The number of aromatic hydroxyl groups is 1. The van der Waals surface area contributed by atoms with Gasteiger partial charge in [0.25, 0.3) is 0 Å². The number of carbonyl (C=O) groups is 1. The number of ether oxygens (including phenoxy) is 1. The standard InChI is InChI=1S/C11H10N2O3/c1-8(14)16-11-3-2-9(6-10(11)15)13-5-4-12-7-13/h2-7,15H,1H3. The fourth-order valence-corrected chi connectivity index (χ4v) is 1.32. The quantitative estimate of drug-likeness (QED) is 0.612. The van der Waals surface area contributed by atoms with Gasteiger partial charge in [0.1, 0.15) is 0 Å². The van der Waals surface area contributed by atoms with Crippen LogP contribution in [0.4, 0.5) is 0 Å². The van der Waals surface area contributed by atoms with E-state index in [0.29, 0.717) is 0 Å².